The molecule has 22 heavy (non-hydrogen) atoms. The number of fused-ring (bicyclic) bond motifs is 1. The summed E-state index contributed by atoms with van der Waals surface area (Å²) in [5.41, 5.74) is 2.00. The summed E-state index contributed by atoms with van der Waals surface area (Å²) in [5, 5.41) is 9.91. The van der Waals surface area contributed by atoms with Crippen LogP contribution in [0.5, 0.6) is 0 Å². The minimum absolute atomic E-state index is 0.282. The first-order valence-electron chi connectivity index (χ1n) is 6.87. The molecule has 0 N–H and O–H groups in total. The van der Waals surface area contributed by atoms with E-state index in [1.807, 2.05) is 42.3 Å². The maximum atomic E-state index is 13.8. The lowest BCUT2D eigenvalue weighted by atomic mass is 10.1. The Morgan fingerprint density at radius 3 is 2.82 bits per heavy atom. The van der Waals surface area contributed by atoms with E-state index in [0.717, 1.165) is 15.2 Å². The fraction of sp³-hybridized carbons (Fsp3) is 0.176. The fourth-order valence-corrected chi connectivity index (χ4v) is 3.38. The molecule has 0 fully saturated rings. The van der Waals surface area contributed by atoms with E-state index < -0.39 is 0 Å². The summed E-state index contributed by atoms with van der Waals surface area (Å²) in [4.78, 5) is 6.58. The van der Waals surface area contributed by atoms with E-state index in [-0.39, 0.29) is 5.82 Å². The minimum atomic E-state index is -0.282. The number of hydrogen-bond acceptors (Lipinski definition) is 4. The molecule has 110 valence electrons. The van der Waals surface area contributed by atoms with Crippen LogP contribution in [0, 0.1) is 17.1 Å². The molecule has 0 spiro atoms. The van der Waals surface area contributed by atoms with Crippen molar-refractivity contribution in [3.63, 3.8) is 0 Å². The molecular weight excluding hydrogens is 297 g/mol. The number of nitriles is 1. The number of halogens is 1. The lowest BCUT2D eigenvalue weighted by Gasteiger charge is -2.15. The summed E-state index contributed by atoms with van der Waals surface area (Å²) in [6.07, 6.45) is 0. The van der Waals surface area contributed by atoms with Crippen LogP contribution >= 0.6 is 11.3 Å². The van der Waals surface area contributed by atoms with E-state index in [4.69, 9.17) is 5.26 Å². The Morgan fingerprint density at radius 1 is 1.23 bits per heavy atom. The predicted molar refractivity (Wildman–Crippen MR) is 85.9 cm³/mol. The van der Waals surface area contributed by atoms with Gasteiger partial charge in [-0.3, -0.25) is 4.90 Å². The van der Waals surface area contributed by atoms with Crippen molar-refractivity contribution in [2.45, 2.75) is 13.1 Å². The van der Waals surface area contributed by atoms with Gasteiger partial charge in [0.15, 0.2) is 0 Å². The van der Waals surface area contributed by atoms with E-state index in [1.54, 1.807) is 17.4 Å². The van der Waals surface area contributed by atoms with E-state index in [9.17, 15) is 4.39 Å². The average Bonchev–Trinajstić information content (AvgIpc) is 2.91. The van der Waals surface area contributed by atoms with Gasteiger partial charge in [-0.25, -0.2) is 9.37 Å². The van der Waals surface area contributed by atoms with Gasteiger partial charge in [-0.1, -0.05) is 12.1 Å². The van der Waals surface area contributed by atoms with Gasteiger partial charge >= 0.3 is 0 Å². The molecule has 0 aliphatic carbocycles. The van der Waals surface area contributed by atoms with Crippen LogP contribution in [0.1, 0.15) is 16.1 Å². The Kier molecular flexibility index (Phi) is 4.14. The summed E-state index contributed by atoms with van der Waals surface area (Å²) in [7, 11) is 1.92. The minimum Gasteiger partial charge on any atom is -0.295 e. The number of para-hydroxylation sites is 1. The third-order valence-electron chi connectivity index (χ3n) is 3.36. The van der Waals surface area contributed by atoms with Crippen LogP contribution in [0.3, 0.4) is 0 Å². The molecule has 0 unspecified atom stereocenters. The molecule has 3 rings (SSSR count). The van der Waals surface area contributed by atoms with Crippen LogP contribution in [0.15, 0.2) is 42.5 Å². The third-order valence-corrected chi connectivity index (χ3v) is 4.38. The van der Waals surface area contributed by atoms with Gasteiger partial charge < -0.3 is 0 Å². The number of aromatic nitrogens is 1. The van der Waals surface area contributed by atoms with Crippen LogP contribution in [0.4, 0.5) is 4.39 Å². The molecule has 5 heteroatoms. The van der Waals surface area contributed by atoms with Crippen LogP contribution in [-0.4, -0.2) is 16.9 Å². The smallest absolute Gasteiger partial charge is 0.127 e. The van der Waals surface area contributed by atoms with E-state index >= 15 is 0 Å². The maximum absolute atomic E-state index is 13.8. The zero-order chi connectivity index (χ0) is 15.5. The zero-order valence-electron chi connectivity index (χ0n) is 12.1. The van der Waals surface area contributed by atoms with Crippen molar-refractivity contribution in [2.75, 3.05) is 7.05 Å². The molecule has 0 aliphatic rings. The first-order chi connectivity index (χ1) is 10.7. The molecule has 0 bridgehead atoms. The summed E-state index contributed by atoms with van der Waals surface area (Å²) >= 11 is 1.65. The standard InChI is InChI=1S/C17H14FN3S/c1-21(10-13-8-12(9-19)6-7-14(13)18)11-17-20-15-4-2-3-5-16(15)22-17/h2-8H,10-11H2,1H3. The second-order valence-corrected chi connectivity index (χ2v) is 6.28. The van der Waals surface area contributed by atoms with Gasteiger partial charge in [0.1, 0.15) is 10.8 Å². The number of nitrogens with zero attached hydrogens (tertiary/aromatic N) is 3. The van der Waals surface area contributed by atoms with Crippen molar-refractivity contribution in [3.8, 4) is 6.07 Å². The molecule has 3 nitrogen and oxygen atoms in total. The van der Waals surface area contributed by atoms with Gasteiger partial charge in [0.25, 0.3) is 0 Å². The molecule has 1 heterocycles. The summed E-state index contributed by atoms with van der Waals surface area (Å²) in [6.45, 7) is 1.09. The van der Waals surface area contributed by atoms with Gasteiger partial charge in [-0.2, -0.15) is 5.26 Å². The van der Waals surface area contributed by atoms with Crippen molar-refractivity contribution < 1.29 is 4.39 Å². The van der Waals surface area contributed by atoms with Crippen molar-refractivity contribution >= 4 is 21.6 Å². The molecule has 3 aromatic rings. The van der Waals surface area contributed by atoms with Crippen molar-refractivity contribution in [1.29, 1.82) is 5.26 Å². The predicted octanol–water partition coefficient (Wildman–Crippen LogP) is 3.94. The van der Waals surface area contributed by atoms with E-state index in [0.29, 0.717) is 24.2 Å². The van der Waals surface area contributed by atoms with E-state index in [2.05, 4.69) is 4.98 Å². The van der Waals surface area contributed by atoms with Gasteiger partial charge in [-0.05, 0) is 37.4 Å². The van der Waals surface area contributed by atoms with E-state index in [1.165, 1.54) is 12.1 Å². The molecule has 0 radical (unpaired) electrons. The Hall–Kier alpha value is -2.29. The van der Waals surface area contributed by atoms with Gasteiger partial charge in [0, 0.05) is 12.1 Å². The quantitative estimate of drug-likeness (QED) is 0.732. The highest BCUT2D eigenvalue weighted by atomic mass is 32.1. The molecule has 0 saturated heterocycles. The molecule has 0 atom stereocenters. The largest absolute Gasteiger partial charge is 0.295 e. The highest BCUT2D eigenvalue weighted by Crippen LogP contribution is 2.23. The topological polar surface area (TPSA) is 39.9 Å². The van der Waals surface area contributed by atoms with Gasteiger partial charge in [-0.15, -0.1) is 11.3 Å². The first-order valence-corrected chi connectivity index (χ1v) is 7.69. The van der Waals surface area contributed by atoms with Crippen LogP contribution in [0.2, 0.25) is 0 Å². The Morgan fingerprint density at radius 2 is 2.05 bits per heavy atom. The molecule has 0 aliphatic heterocycles. The lowest BCUT2D eigenvalue weighted by molar-refractivity contribution is 0.313. The molecule has 0 saturated carbocycles. The van der Waals surface area contributed by atoms with Crippen molar-refractivity contribution in [2.24, 2.45) is 0 Å². The number of benzene rings is 2. The number of thiazole rings is 1. The van der Waals surface area contributed by atoms with Crippen molar-refractivity contribution in [3.05, 3.63) is 64.4 Å². The fourth-order valence-electron chi connectivity index (χ4n) is 2.33. The first kappa shape index (κ1) is 14.6. The Balaban J connectivity index is 1.75. The summed E-state index contributed by atoms with van der Waals surface area (Å²) in [5.74, 6) is -0.282. The summed E-state index contributed by atoms with van der Waals surface area (Å²) in [6, 6.07) is 14.5. The van der Waals surface area contributed by atoms with Gasteiger partial charge in [0.2, 0.25) is 0 Å². The maximum Gasteiger partial charge on any atom is 0.127 e. The SMILES string of the molecule is CN(Cc1nc2ccccc2s1)Cc1cc(C#N)ccc1F. The third kappa shape index (κ3) is 3.14. The molecule has 2 aromatic carbocycles. The van der Waals surface area contributed by atoms with Crippen LogP contribution in [0.25, 0.3) is 10.2 Å². The second-order valence-electron chi connectivity index (χ2n) is 5.17. The van der Waals surface area contributed by atoms with Gasteiger partial charge in [0.05, 0.1) is 28.4 Å². The monoisotopic (exact) mass is 311 g/mol. The highest BCUT2D eigenvalue weighted by Gasteiger charge is 2.10. The Bertz CT molecular complexity index is 817. The van der Waals surface area contributed by atoms with Crippen LogP contribution in [-0.2, 0) is 13.1 Å². The molecular formula is C17H14FN3S. The molecule has 0 amide bonds. The normalized spacial score (nSPS) is 11.0. The summed E-state index contributed by atoms with van der Waals surface area (Å²) < 4.78 is 15.0. The van der Waals surface area contributed by atoms with Crippen molar-refractivity contribution in [1.82, 2.24) is 9.88 Å². The van der Waals surface area contributed by atoms with Crippen LogP contribution < -0.4 is 0 Å². The number of hydrogen-bond donors (Lipinski definition) is 0. The zero-order valence-corrected chi connectivity index (χ0v) is 12.9. The number of rotatable bonds is 4. The Labute approximate surface area is 132 Å². The average molecular weight is 311 g/mol. The molecule has 1 aromatic heterocycles. The second kappa shape index (κ2) is 6.22. The lowest BCUT2D eigenvalue weighted by Crippen LogP contribution is -2.18. The highest BCUT2D eigenvalue weighted by molar-refractivity contribution is 7.18.